The highest BCUT2D eigenvalue weighted by Crippen LogP contribution is 2.35. The molecule has 2 N–H and O–H groups in total. The van der Waals surface area contributed by atoms with Gasteiger partial charge in [0.25, 0.3) is 0 Å². The van der Waals surface area contributed by atoms with Gasteiger partial charge in [0.1, 0.15) is 6.54 Å². The molecule has 16 heteroatoms. The molecule has 0 radical (unpaired) electrons. The molecule has 0 aliphatic heterocycles. The molecule has 0 bridgehead atoms. The molecule has 0 saturated heterocycles. The summed E-state index contributed by atoms with van der Waals surface area (Å²) in [5.74, 6) is -1.22. The topological polar surface area (TPSA) is 109 Å². The van der Waals surface area contributed by atoms with Gasteiger partial charge >= 0.3 is 24.1 Å². The molecule has 0 aliphatic carbocycles. The number of alkyl halides is 6. The average Bonchev–Trinajstić information content (AvgIpc) is 3.19. The summed E-state index contributed by atoms with van der Waals surface area (Å²) in [6, 6.07) is 8.45. The normalized spacial score (nSPS) is 12.7. The Morgan fingerprint density at radius 3 is 2.27 bits per heavy atom. The molecule has 0 fully saturated rings. The largest absolute Gasteiger partial charge is 0.465 e. The van der Waals surface area contributed by atoms with E-state index in [0.29, 0.717) is 9.70 Å². The zero-order chi connectivity index (χ0) is 30.5. The molecule has 9 nitrogen and oxygen atoms in total. The lowest BCUT2D eigenvalue weighted by atomic mass is 9.99. The molecular formula is C25H24ClF6N5O4. The van der Waals surface area contributed by atoms with Crippen molar-refractivity contribution in [2.75, 3.05) is 13.1 Å². The van der Waals surface area contributed by atoms with Crippen molar-refractivity contribution in [1.29, 1.82) is 0 Å². The number of amides is 2. The van der Waals surface area contributed by atoms with Crippen LogP contribution in [0.25, 0.3) is 11.4 Å². The number of aromatic nitrogens is 3. The first-order valence-corrected chi connectivity index (χ1v) is 12.4. The monoisotopic (exact) mass is 607 g/mol. The molecule has 0 aliphatic rings. The van der Waals surface area contributed by atoms with Crippen molar-refractivity contribution in [1.82, 2.24) is 24.6 Å². The maximum atomic E-state index is 13.7. The van der Waals surface area contributed by atoms with Crippen LogP contribution in [0.4, 0.5) is 31.1 Å². The predicted molar refractivity (Wildman–Crippen MR) is 135 cm³/mol. The molecule has 222 valence electrons. The molecule has 1 atom stereocenters. The van der Waals surface area contributed by atoms with Gasteiger partial charge in [-0.15, -0.1) is 5.10 Å². The second-order valence-electron chi connectivity index (χ2n) is 8.81. The van der Waals surface area contributed by atoms with E-state index >= 15 is 0 Å². The third-order valence-corrected chi connectivity index (χ3v) is 6.22. The molecule has 2 amide bonds. The van der Waals surface area contributed by atoms with E-state index in [1.807, 2.05) is 0 Å². The number of hydrogen-bond acceptors (Lipinski definition) is 4. The van der Waals surface area contributed by atoms with Gasteiger partial charge in [-0.25, -0.2) is 14.3 Å². The van der Waals surface area contributed by atoms with E-state index in [0.717, 1.165) is 27.7 Å². The van der Waals surface area contributed by atoms with Crippen molar-refractivity contribution in [2.24, 2.45) is 0 Å². The number of likely N-dealkylation sites (N-methyl/N-ethyl adjacent to an activating group) is 1. The van der Waals surface area contributed by atoms with Gasteiger partial charge < -0.3 is 15.3 Å². The molecule has 1 unspecified atom stereocenters. The summed E-state index contributed by atoms with van der Waals surface area (Å²) in [7, 11) is 0. The van der Waals surface area contributed by atoms with Crippen LogP contribution in [0.5, 0.6) is 0 Å². The molecule has 0 saturated carbocycles. The summed E-state index contributed by atoms with van der Waals surface area (Å²) in [5.41, 5.74) is -2.37. The Bertz CT molecular complexity index is 1440. The quantitative estimate of drug-likeness (QED) is 0.308. The van der Waals surface area contributed by atoms with Crippen molar-refractivity contribution in [3.05, 3.63) is 75.2 Å². The summed E-state index contributed by atoms with van der Waals surface area (Å²) in [5, 5.41) is 16.1. The number of rotatable bonds is 10. The van der Waals surface area contributed by atoms with Crippen molar-refractivity contribution in [3.63, 3.8) is 0 Å². The number of nitrogens with one attached hydrogen (secondary N) is 1. The average molecular weight is 608 g/mol. The van der Waals surface area contributed by atoms with Crippen LogP contribution in [0.2, 0.25) is 5.02 Å². The Balaban J connectivity index is 1.97. The van der Waals surface area contributed by atoms with Crippen LogP contribution in [0.1, 0.15) is 30.5 Å². The van der Waals surface area contributed by atoms with E-state index < -0.39 is 73.3 Å². The van der Waals surface area contributed by atoms with Gasteiger partial charge in [0, 0.05) is 30.2 Å². The maximum absolute atomic E-state index is 13.7. The van der Waals surface area contributed by atoms with Gasteiger partial charge in [-0.3, -0.25) is 9.36 Å². The van der Waals surface area contributed by atoms with Crippen LogP contribution in [-0.2, 0) is 24.1 Å². The first-order chi connectivity index (χ1) is 19.1. The van der Waals surface area contributed by atoms with Gasteiger partial charge in [-0.1, -0.05) is 29.8 Å². The minimum atomic E-state index is -4.83. The second kappa shape index (κ2) is 12.7. The number of hydrogen-bond donors (Lipinski definition) is 2. The molecule has 1 heterocycles. The zero-order valence-corrected chi connectivity index (χ0v) is 22.1. The fraction of sp³-hybridized carbons (Fsp3) is 0.360. The van der Waals surface area contributed by atoms with Gasteiger partial charge in [0.05, 0.1) is 18.0 Å². The maximum Gasteiger partial charge on any atom is 0.416 e. The van der Waals surface area contributed by atoms with E-state index in [4.69, 9.17) is 11.6 Å². The lowest BCUT2D eigenvalue weighted by Crippen LogP contribution is -2.42. The first-order valence-electron chi connectivity index (χ1n) is 12.0. The summed E-state index contributed by atoms with van der Waals surface area (Å²) in [6.45, 7) is -0.900. The molecule has 3 aromatic rings. The minimum absolute atomic E-state index is 0.108. The third-order valence-electron chi connectivity index (χ3n) is 5.97. The molecule has 3 rings (SSSR count). The third kappa shape index (κ3) is 8.25. The van der Waals surface area contributed by atoms with Gasteiger partial charge in [-0.05, 0) is 42.8 Å². The van der Waals surface area contributed by atoms with Crippen molar-refractivity contribution < 1.29 is 41.0 Å². The molecule has 2 aromatic carbocycles. The SMILES string of the molecule is CCN(CC(NC(=O)Cn1nc(-c2ccc(Cl)cc2)n(CCC(F)(F)F)c1=O)c1ccccc1C(F)(F)F)C(=O)O. The lowest BCUT2D eigenvalue weighted by molar-refractivity contribution is -0.139. The van der Waals surface area contributed by atoms with Crippen LogP contribution >= 0.6 is 11.6 Å². The van der Waals surface area contributed by atoms with Crippen LogP contribution in [0, 0.1) is 0 Å². The van der Waals surface area contributed by atoms with E-state index in [-0.39, 0.29) is 17.9 Å². The Hall–Kier alpha value is -4.01. The number of carbonyl (C=O) groups excluding carboxylic acids is 1. The minimum Gasteiger partial charge on any atom is -0.465 e. The van der Waals surface area contributed by atoms with Crippen molar-refractivity contribution in [3.8, 4) is 11.4 Å². The Morgan fingerprint density at radius 2 is 1.71 bits per heavy atom. The van der Waals surface area contributed by atoms with Crippen molar-refractivity contribution >= 4 is 23.6 Å². The lowest BCUT2D eigenvalue weighted by Gasteiger charge is -2.27. The molecule has 1 aromatic heterocycles. The van der Waals surface area contributed by atoms with E-state index in [9.17, 15) is 45.8 Å². The molecule has 0 spiro atoms. The number of nitrogens with zero attached hydrogens (tertiary/aromatic N) is 4. The Kier molecular flexibility index (Phi) is 9.73. The summed E-state index contributed by atoms with van der Waals surface area (Å²) >= 11 is 5.86. The Labute approximate surface area is 233 Å². The highest BCUT2D eigenvalue weighted by molar-refractivity contribution is 6.30. The van der Waals surface area contributed by atoms with Gasteiger partial charge in [0.2, 0.25) is 5.91 Å². The highest BCUT2D eigenvalue weighted by atomic mass is 35.5. The van der Waals surface area contributed by atoms with Crippen LogP contribution < -0.4 is 11.0 Å². The zero-order valence-electron chi connectivity index (χ0n) is 21.3. The predicted octanol–water partition coefficient (Wildman–Crippen LogP) is 5.19. The second-order valence-corrected chi connectivity index (χ2v) is 9.25. The van der Waals surface area contributed by atoms with Crippen LogP contribution in [0.15, 0.2) is 53.3 Å². The Morgan fingerprint density at radius 1 is 1.07 bits per heavy atom. The fourth-order valence-corrected chi connectivity index (χ4v) is 4.14. The van der Waals surface area contributed by atoms with E-state index in [1.165, 1.54) is 37.3 Å². The van der Waals surface area contributed by atoms with Gasteiger partial charge in [0.15, 0.2) is 5.82 Å². The number of carboxylic acid groups (broad SMARTS) is 1. The van der Waals surface area contributed by atoms with Crippen LogP contribution in [0.3, 0.4) is 0 Å². The standard InChI is InChI=1S/C25H24ClF6N5O4/c1-2-35(23(40)41)13-19(17-5-3-4-6-18(17)25(30,31)32)33-20(38)14-37-22(39)36(12-11-24(27,28)29)21(34-37)15-7-9-16(26)10-8-15/h3-10,19H,2,11-14H2,1H3,(H,33,38)(H,40,41). The number of benzene rings is 2. The number of halogens is 7. The smallest absolute Gasteiger partial charge is 0.416 e. The number of carbonyl (C=O) groups is 2. The first kappa shape index (κ1) is 31.5. The molecular weight excluding hydrogens is 584 g/mol. The summed E-state index contributed by atoms with van der Waals surface area (Å²) < 4.78 is 81.3. The fourth-order valence-electron chi connectivity index (χ4n) is 4.02. The summed E-state index contributed by atoms with van der Waals surface area (Å²) in [6.07, 6.45) is -12.3. The van der Waals surface area contributed by atoms with E-state index in [1.54, 1.807) is 0 Å². The molecule has 41 heavy (non-hydrogen) atoms. The van der Waals surface area contributed by atoms with Crippen molar-refractivity contribution in [2.45, 2.75) is 44.8 Å². The highest BCUT2D eigenvalue weighted by Gasteiger charge is 2.36. The van der Waals surface area contributed by atoms with Gasteiger partial charge in [-0.2, -0.15) is 26.3 Å². The summed E-state index contributed by atoms with van der Waals surface area (Å²) in [4.78, 5) is 38.4. The van der Waals surface area contributed by atoms with Crippen LogP contribution in [-0.4, -0.2) is 55.6 Å². The van der Waals surface area contributed by atoms with E-state index in [2.05, 4.69) is 10.4 Å².